The Kier molecular flexibility index (Phi) is 7.00. The van der Waals surface area contributed by atoms with Crippen molar-refractivity contribution in [2.45, 2.75) is 25.4 Å². The van der Waals surface area contributed by atoms with Gasteiger partial charge in [-0.3, -0.25) is 14.4 Å². The largest absolute Gasteiger partial charge is 0.358 e. The van der Waals surface area contributed by atoms with Crippen LogP contribution >= 0.6 is 9.24 Å². The van der Waals surface area contributed by atoms with Crippen LogP contribution in [0.5, 0.6) is 0 Å². The number of aryl methyl sites for hydroxylation is 1. The number of carbonyl (C=O) groups is 3. The SMILES string of the molecule is Cc1[nH]c(/C=C2\C(=O)Nc3c(NC=O)cc(F)cc32)c(C(F)(F)P)c1C(=O)NCCN1CCCC1. The van der Waals surface area contributed by atoms with Crippen molar-refractivity contribution in [3.8, 4) is 0 Å². The average molecular weight is 507 g/mol. The van der Waals surface area contributed by atoms with E-state index in [1.54, 1.807) is 0 Å². The number of aromatic amines is 1. The number of benzene rings is 1. The molecule has 1 saturated heterocycles. The van der Waals surface area contributed by atoms with Gasteiger partial charge in [0.1, 0.15) is 5.82 Å². The third-order valence-corrected chi connectivity index (χ3v) is 6.36. The second-order valence-corrected chi connectivity index (χ2v) is 9.22. The van der Waals surface area contributed by atoms with Gasteiger partial charge in [0.15, 0.2) is 0 Å². The summed E-state index contributed by atoms with van der Waals surface area (Å²) in [6, 6.07) is 2.09. The number of alkyl halides is 2. The van der Waals surface area contributed by atoms with Crippen molar-refractivity contribution in [3.05, 3.63) is 46.0 Å². The molecular formula is C23H25F3N5O3P. The van der Waals surface area contributed by atoms with Gasteiger partial charge in [0.05, 0.1) is 28.1 Å². The van der Waals surface area contributed by atoms with Crippen molar-refractivity contribution in [1.29, 1.82) is 0 Å². The number of H-pyrrole nitrogens is 1. The molecule has 1 atom stereocenters. The van der Waals surface area contributed by atoms with Gasteiger partial charge < -0.3 is 25.8 Å². The Balaban J connectivity index is 1.70. The number of rotatable bonds is 8. The van der Waals surface area contributed by atoms with Crippen LogP contribution < -0.4 is 16.0 Å². The summed E-state index contributed by atoms with van der Waals surface area (Å²) in [5, 5.41) is 7.53. The molecule has 3 heterocycles. The van der Waals surface area contributed by atoms with Gasteiger partial charge in [0, 0.05) is 30.0 Å². The zero-order valence-corrected chi connectivity index (χ0v) is 20.1. The van der Waals surface area contributed by atoms with Crippen LogP contribution in [0.3, 0.4) is 0 Å². The van der Waals surface area contributed by atoms with Crippen molar-refractivity contribution < 1.29 is 27.6 Å². The minimum atomic E-state index is -3.50. The van der Waals surface area contributed by atoms with Crippen LogP contribution in [0.4, 0.5) is 24.5 Å². The lowest BCUT2D eigenvalue weighted by Gasteiger charge is -2.16. The van der Waals surface area contributed by atoms with Gasteiger partial charge in [-0.05, 0) is 51.1 Å². The maximum atomic E-state index is 14.7. The highest BCUT2D eigenvalue weighted by atomic mass is 31.0. The highest BCUT2D eigenvalue weighted by molar-refractivity contribution is 7.17. The normalized spacial score (nSPS) is 16.9. The molecule has 2 aromatic rings. The molecule has 1 aromatic carbocycles. The van der Waals surface area contributed by atoms with Gasteiger partial charge >= 0.3 is 0 Å². The molecule has 0 aliphatic carbocycles. The number of anilines is 2. The maximum Gasteiger partial charge on any atom is 0.286 e. The van der Waals surface area contributed by atoms with E-state index in [9.17, 15) is 27.6 Å². The summed E-state index contributed by atoms with van der Waals surface area (Å²) >= 11 is 0. The fraction of sp³-hybridized carbons (Fsp3) is 0.348. The lowest BCUT2D eigenvalue weighted by Crippen LogP contribution is -2.34. The first-order valence-electron chi connectivity index (χ1n) is 11.1. The lowest BCUT2D eigenvalue weighted by atomic mass is 10.0. The first-order chi connectivity index (χ1) is 16.6. The maximum absolute atomic E-state index is 14.7. The molecule has 0 radical (unpaired) electrons. The molecule has 0 saturated carbocycles. The number of amides is 3. The minimum absolute atomic E-state index is 0.0316. The molecule has 4 rings (SSSR count). The second-order valence-electron chi connectivity index (χ2n) is 8.49. The molecule has 1 aromatic heterocycles. The number of likely N-dealkylation sites (tertiary alicyclic amines) is 1. The van der Waals surface area contributed by atoms with Crippen LogP contribution in [0.2, 0.25) is 0 Å². The van der Waals surface area contributed by atoms with E-state index in [-0.39, 0.29) is 39.5 Å². The number of hydrogen-bond donors (Lipinski definition) is 4. The number of hydrogen-bond acceptors (Lipinski definition) is 4. The molecule has 4 N–H and O–H groups in total. The fourth-order valence-corrected chi connectivity index (χ4v) is 4.83. The van der Waals surface area contributed by atoms with Gasteiger partial charge in [-0.1, -0.05) is 9.24 Å². The number of nitrogens with one attached hydrogen (secondary N) is 4. The summed E-state index contributed by atoms with van der Waals surface area (Å²) in [6.07, 6.45) is 3.69. The molecule has 1 fully saturated rings. The third-order valence-electron chi connectivity index (χ3n) is 6.07. The summed E-state index contributed by atoms with van der Waals surface area (Å²) in [5.74, 6) is -2.05. The zero-order valence-electron chi connectivity index (χ0n) is 18.9. The number of aromatic nitrogens is 1. The Bertz CT molecular complexity index is 1220. The molecule has 3 amide bonds. The molecule has 186 valence electrons. The highest BCUT2D eigenvalue weighted by Gasteiger charge is 2.37. The molecule has 12 heteroatoms. The van der Waals surface area contributed by atoms with E-state index in [0.717, 1.165) is 44.1 Å². The summed E-state index contributed by atoms with van der Waals surface area (Å²) in [7, 11) is 1.42. The average Bonchev–Trinajstić information content (AvgIpc) is 3.47. The van der Waals surface area contributed by atoms with E-state index in [1.165, 1.54) is 16.2 Å². The summed E-state index contributed by atoms with van der Waals surface area (Å²) in [6.45, 7) is 4.31. The van der Waals surface area contributed by atoms with Crippen molar-refractivity contribution in [1.82, 2.24) is 15.2 Å². The molecule has 35 heavy (non-hydrogen) atoms. The smallest absolute Gasteiger partial charge is 0.286 e. The van der Waals surface area contributed by atoms with Crippen molar-refractivity contribution in [2.24, 2.45) is 0 Å². The van der Waals surface area contributed by atoms with Gasteiger partial charge in [0.2, 0.25) is 6.41 Å². The summed E-state index contributed by atoms with van der Waals surface area (Å²) in [5.41, 5.74) is -4.06. The van der Waals surface area contributed by atoms with Crippen LogP contribution in [0, 0.1) is 12.7 Å². The van der Waals surface area contributed by atoms with E-state index in [0.29, 0.717) is 19.5 Å². The zero-order chi connectivity index (χ0) is 25.3. The van der Waals surface area contributed by atoms with Crippen LogP contribution in [0.25, 0.3) is 11.6 Å². The van der Waals surface area contributed by atoms with Crippen LogP contribution in [-0.4, -0.2) is 54.3 Å². The Morgan fingerprint density at radius 1 is 1.29 bits per heavy atom. The van der Waals surface area contributed by atoms with Crippen LogP contribution in [0.1, 0.15) is 45.7 Å². The first kappa shape index (κ1) is 24.9. The van der Waals surface area contributed by atoms with Crippen molar-refractivity contribution in [3.63, 3.8) is 0 Å². The molecule has 0 bridgehead atoms. The van der Waals surface area contributed by atoms with Crippen LogP contribution in [-0.2, 0) is 15.3 Å². The third kappa shape index (κ3) is 5.11. The lowest BCUT2D eigenvalue weighted by molar-refractivity contribution is -0.110. The minimum Gasteiger partial charge on any atom is -0.358 e. The van der Waals surface area contributed by atoms with E-state index >= 15 is 0 Å². The quantitative estimate of drug-likeness (QED) is 0.250. The van der Waals surface area contributed by atoms with E-state index in [1.807, 2.05) is 0 Å². The van der Waals surface area contributed by atoms with Gasteiger partial charge in [-0.2, -0.15) is 8.78 Å². The number of nitrogens with zero attached hydrogens (tertiary/aromatic N) is 1. The van der Waals surface area contributed by atoms with Crippen molar-refractivity contribution >= 4 is 50.5 Å². The predicted molar refractivity (Wildman–Crippen MR) is 130 cm³/mol. The first-order valence-corrected chi connectivity index (χ1v) is 11.6. The monoisotopic (exact) mass is 507 g/mol. The number of halogens is 3. The molecular weight excluding hydrogens is 482 g/mol. The van der Waals surface area contributed by atoms with E-state index in [4.69, 9.17) is 0 Å². The van der Waals surface area contributed by atoms with Gasteiger partial charge in [-0.15, -0.1) is 0 Å². The van der Waals surface area contributed by atoms with Gasteiger partial charge in [-0.25, -0.2) is 4.39 Å². The Hall–Kier alpha value is -3.17. The second kappa shape index (κ2) is 9.83. The van der Waals surface area contributed by atoms with Crippen molar-refractivity contribution in [2.75, 3.05) is 36.8 Å². The Labute approximate surface area is 201 Å². The Morgan fingerprint density at radius 2 is 2.00 bits per heavy atom. The molecule has 2 aliphatic rings. The molecule has 8 nitrogen and oxygen atoms in total. The number of carbonyl (C=O) groups excluding carboxylic acids is 3. The predicted octanol–water partition coefficient (Wildman–Crippen LogP) is 3.27. The topological polar surface area (TPSA) is 106 Å². The molecule has 1 unspecified atom stereocenters. The highest BCUT2D eigenvalue weighted by Crippen LogP contribution is 2.43. The molecule has 0 spiro atoms. The number of fused-ring (bicyclic) bond motifs is 1. The van der Waals surface area contributed by atoms with Crippen LogP contribution in [0.15, 0.2) is 12.1 Å². The summed E-state index contributed by atoms with van der Waals surface area (Å²) in [4.78, 5) is 41.4. The molecule has 2 aliphatic heterocycles. The van der Waals surface area contributed by atoms with E-state index in [2.05, 4.69) is 25.8 Å². The van der Waals surface area contributed by atoms with E-state index < -0.39 is 28.9 Å². The van der Waals surface area contributed by atoms with Gasteiger partial charge in [0.25, 0.3) is 17.5 Å². The fourth-order valence-electron chi connectivity index (χ4n) is 4.53. The summed E-state index contributed by atoms with van der Waals surface area (Å²) < 4.78 is 43.6. The standard InChI is InChI=1S/C23H25F3N5O3P/c1-12-18(22(34)27-4-7-31-5-2-3-6-31)19(23(25,26)35)16(29-12)10-15-14-8-13(24)9-17(28-11-32)20(14)30-21(15)33/h8-11,29H,2-7,35H2,1H3,(H,27,34)(H,28,32)(H,30,33)/b15-10-. The Morgan fingerprint density at radius 3 is 2.66 bits per heavy atom.